The molecule has 0 bridgehead atoms. The lowest BCUT2D eigenvalue weighted by Crippen LogP contribution is -2.52. The molecular weight excluding hydrogens is 484 g/mol. The lowest BCUT2D eigenvalue weighted by Gasteiger charge is -2.48. The van der Waals surface area contributed by atoms with Gasteiger partial charge >= 0.3 is 6.03 Å². The molecular formula is C28H38N6O4. The molecule has 3 aliphatic heterocycles. The molecule has 204 valence electrons. The Morgan fingerprint density at radius 1 is 0.974 bits per heavy atom. The van der Waals surface area contributed by atoms with Crippen molar-refractivity contribution in [2.45, 2.75) is 52.0 Å². The number of nitrogens with zero attached hydrogens (tertiary/aromatic N) is 4. The molecule has 4 heterocycles. The van der Waals surface area contributed by atoms with Crippen LogP contribution in [0, 0.1) is 11.3 Å². The number of carbonyl (C=O) groups is 3. The molecule has 10 heteroatoms. The van der Waals surface area contributed by atoms with E-state index in [1.54, 1.807) is 23.0 Å². The van der Waals surface area contributed by atoms with E-state index < -0.39 is 0 Å². The first-order valence-corrected chi connectivity index (χ1v) is 13.7. The summed E-state index contributed by atoms with van der Waals surface area (Å²) in [5.41, 5.74) is 1.69. The molecule has 0 aliphatic carbocycles. The van der Waals surface area contributed by atoms with Crippen LogP contribution >= 0.6 is 0 Å². The molecule has 2 aromatic rings. The zero-order valence-electron chi connectivity index (χ0n) is 22.3. The molecule has 3 fully saturated rings. The highest BCUT2D eigenvalue weighted by Crippen LogP contribution is 2.45. The number of likely N-dealkylation sites (tertiary alicyclic amines) is 2. The first-order chi connectivity index (χ1) is 18.4. The Hall–Kier alpha value is -3.40. The van der Waals surface area contributed by atoms with Gasteiger partial charge in [-0.15, -0.1) is 0 Å². The zero-order valence-corrected chi connectivity index (χ0v) is 22.3. The number of urea groups is 1. The number of aromatic nitrogens is 2. The van der Waals surface area contributed by atoms with Crippen molar-refractivity contribution in [3.63, 3.8) is 0 Å². The van der Waals surface area contributed by atoms with Gasteiger partial charge in [-0.25, -0.2) is 4.79 Å². The van der Waals surface area contributed by atoms with E-state index >= 15 is 0 Å². The molecule has 38 heavy (non-hydrogen) atoms. The summed E-state index contributed by atoms with van der Waals surface area (Å²) in [7, 11) is 0. The Kier molecular flexibility index (Phi) is 7.69. The van der Waals surface area contributed by atoms with E-state index in [1.165, 1.54) is 0 Å². The van der Waals surface area contributed by atoms with Crippen molar-refractivity contribution in [1.82, 2.24) is 19.6 Å². The predicted octanol–water partition coefficient (Wildman–Crippen LogP) is 3.99. The van der Waals surface area contributed by atoms with Crippen molar-refractivity contribution in [1.29, 1.82) is 0 Å². The van der Waals surface area contributed by atoms with Crippen LogP contribution in [0.2, 0.25) is 0 Å². The van der Waals surface area contributed by atoms with Crippen LogP contribution in [0.1, 0.15) is 62.5 Å². The van der Waals surface area contributed by atoms with Gasteiger partial charge in [0.25, 0.3) is 5.91 Å². The Morgan fingerprint density at radius 2 is 1.68 bits per heavy atom. The van der Waals surface area contributed by atoms with Crippen LogP contribution in [-0.2, 0) is 9.53 Å². The second-order valence-electron chi connectivity index (χ2n) is 11.0. The first-order valence-electron chi connectivity index (χ1n) is 13.7. The van der Waals surface area contributed by atoms with Gasteiger partial charge in [-0.1, -0.05) is 6.07 Å². The van der Waals surface area contributed by atoms with Gasteiger partial charge < -0.3 is 25.2 Å². The minimum atomic E-state index is -0.308. The number of anilines is 2. The molecule has 1 aromatic heterocycles. The highest BCUT2D eigenvalue weighted by Gasteiger charge is 2.47. The maximum absolute atomic E-state index is 13.5. The molecule has 0 saturated carbocycles. The molecule has 2 N–H and O–H groups in total. The van der Waals surface area contributed by atoms with Crippen LogP contribution in [0.15, 0.2) is 36.5 Å². The lowest BCUT2D eigenvalue weighted by molar-refractivity contribution is -0.136. The van der Waals surface area contributed by atoms with E-state index in [0.717, 1.165) is 45.2 Å². The highest BCUT2D eigenvalue weighted by atomic mass is 16.5. The second-order valence-corrected chi connectivity index (χ2v) is 11.0. The number of piperidine rings is 1. The monoisotopic (exact) mass is 522 g/mol. The third-order valence-electron chi connectivity index (χ3n) is 8.28. The maximum Gasteiger partial charge on any atom is 0.321 e. The fraction of sp³-hybridized carbons (Fsp3) is 0.571. The molecule has 1 aromatic carbocycles. The molecule has 3 aliphatic rings. The summed E-state index contributed by atoms with van der Waals surface area (Å²) in [5.74, 6) is -0.394. The van der Waals surface area contributed by atoms with Gasteiger partial charge in [0.1, 0.15) is 5.69 Å². The molecule has 5 rings (SSSR count). The summed E-state index contributed by atoms with van der Waals surface area (Å²) in [4.78, 5) is 42.9. The van der Waals surface area contributed by atoms with E-state index in [-0.39, 0.29) is 35.2 Å². The smallest absolute Gasteiger partial charge is 0.321 e. The van der Waals surface area contributed by atoms with E-state index in [2.05, 4.69) is 15.7 Å². The Bertz CT molecular complexity index is 1160. The number of hydrogen-bond acceptors (Lipinski definition) is 5. The van der Waals surface area contributed by atoms with Gasteiger partial charge in [0.2, 0.25) is 5.91 Å². The van der Waals surface area contributed by atoms with Gasteiger partial charge in [-0.05, 0) is 75.6 Å². The predicted molar refractivity (Wildman–Crippen MR) is 144 cm³/mol. The van der Waals surface area contributed by atoms with Crippen LogP contribution in [0.5, 0.6) is 0 Å². The topological polar surface area (TPSA) is 109 Å². The van der Waals surface area contributed by atoms with Crippen molar-refractivity contribution >= 4 is 29.2 Å². The zero-order chi connectivity index (χ0) is 26.7. The quantitative estimate of drug-likeness (QED) is 0.617. The summed E-state index contributed by atoms with van der Waals surface area (Å²) in [6, 6.07) is 9.06. The molecule has 10 nitrogen and oxygen atoms in total. The van der Waals surface area contributed by atoms with Gasteiger partial charge in [0.05, 0.1) is 12.5 Å². The lowest BCUT2D eigenvalue weighted by atomic mass is 9.65. The minimum absolute atomic E-state index is 0.00750. The number of rotatable bonds is 5. The molecule has 3 saturated heterocycles. The number of ether oxygens (including phenoxy) is 1. The maximum atomic E-state index is 13.5. The van der Waals surface area contributed by atoms with Crippen LogP contribution in [0.3, 0.4) is 0 Å². The molecule has 4 amide bonds. The average molecular weight is 523 g/mol. The van der Waals surface area contributed by atoms with Crippen molar-refractivity contribution in [3.8, 4) is 0 Å². The van der Waals surface area contributed by atoms with Gasteiger partial charge in [0.15, 0.2) is 0 Å². The van der Waals surface area contributed by atoms with Crippen molar-refractivity contribution in [2.75, 3.05) is 50.0 Å². The normalized spacial score (nSPS) is 21.1. The van der Waals surface area contributed by atoms with E-state index in [4.69, 9.17) is 4.74 Å². The van der Waals surface area contributed by atoms with Crippen molar-refractivity contribution in [2.24, 2.45) is 11.3 Å². The first kappa shape index (κ1) is 26.2. The summed E-state index contributed by atoms with van der Waals surface area (Å²) >= 11 is 0. The highest BCUT2D eigenvalue weighted by molar-refractivity contribution is 5.95. The summed E-state index contributed by atoms with van der Waals surface area (Å²) in [5, 5.41) is 10.3. The number of benzene rings is 1. The standard InChI is InChI=1S/C28H38N6O4/c1-20(2)34-24(8-12-29-34)26(36)32-15-9-28(10-16-32)11-17-38-19-23(28)25(35)30-21-6-5-7-22(18-21)31-27(37)33-13-3-4-14-33/h5-8,12,18,20,23H,3-4,9-11,13-17,19H2,1-2H3,(H,30,35)(H,31,37). The number of amides is 4. The largest absolute Gasteiger partial charge is 0.381 e. The molecule has 1 spiro atoms. The fourth-order valence-corrected chi connectivity index (χ4v) is 6.02. The Labute approximate surface area is 223 Å². The van der Waals surface area contributed by atoms with E-state index in [0.29, 0.717) is 43.4 Å². The van der Waals surface area contributed by atoms with Gasteiger partial charge in [0, 0.05) is 56.4 Å². The molecule has 1 unspecified atom stereocenters. The summed E-state index contributed by atoms with van der Waals surface area (Å²) in [6.45, 7) is 7.76. The fourth-order valence-electron chi connectivity index (χ4n) is 6.02. The summed E-state index contributed by atoms with van der Waals surface area (Å²) in [6.07, 6.45) is 6.03. The van der Waals surface area contributed by atoms with Crippen molar-refractivity contribution < 1.29 is 19.1 Å². The summed E-state index contributed by atoms with van der Waals surface area (Å²) < 4.78 is 7.52. The van der Waals surface area contributed by atoms with E-state index in [1.807, 2.05) is 41.8 Å². The van der Waals surface area contributed by atoms with Crippen LogP contribution in [0.25, 0.3) is 0 Å². The third-order valence-corrected chi connectivity index (χ3v) is 8.28. The SMILES string of the molecule is CC(C)n1nccc1C(=O)N1CCC2(CCOCC2C(=O)Nc2cccc(NC(=O)N3CCCC3)c2)CC1. The van der Waals surface area contributed by atoms with Crippen LogP contribution < -0.4 is 10.6 Å². The van der Waals surface area contributed by atoms with Crippen LogP contribution in [-0.4, -0.2) is 76.8 Å². The van der Waals surface area contributed by atoms with E-state index in [9.17, 15) is 14.4 Å². The molecule has 0 radical (unpaired) electrons. The Balaban J connectivity index is 1.23. The third kappa shape index (κ3) is 5.41. The number of hydrogen-bond donors (Lipinski definition) is 2. The minimum Gasteiger partial charge on any atom is -0.381 e. The average Bonchev–Trinajstić information content (AvgIpc) is 3.62. The van der Waals surface area contributed by atoms with Crippen LogP contribution in [0.4, 0.5) is 16.2 Å². The van der Waals surface area contributed by atoms with Gasteiger partial charge in [-0.2, -0.15) is 5.10 Å². The Morgan fingerprint density at radius 3 is 2.39 bits per heavy atom. The molecule has 1 atom stereocenters. The van der Waals surface area contributed by atoms with Crippen molar-refractivity contribution in [3.05, 3.63) is 42.2 Å². The number of carbonyl (C=O) groups excluding carboxylic acids is 3. The number of nitrogens with one attached hydrogen (secondary N) is 2. The van der Waals surface area contributed by atoms with Gasteiger partial charge in [-0.3, -0.25) is 14.3 Å². The second kappa shape index (κ2) is 11.1.